The Labute approximate surface area is 84.7 Å². The number of benzene rings is 1. The van der Waals surface area contributed by atoms with Crippen LogP contribution < -0.4 is 4.74 Å². The largest absolute Gasteiger partial charge is 0.478 e. The molecule has 0 amide bonds. The van der Waals surface area contributed by atoms with Crippen molar-refractivity contribution in [2.75, 3.05) is 6.07 Å². The molecule has 0 aliphatic carbocycles. The minimum absolute atomic E-state index is 0.212. The predicted molar refractivity (Wildman–Crippen MR) is 56.5 cm³/mol. The molecule has 0 saturated heterocycles. The number of halogens is 1. The van der Waals surface area contributed by atoms with Crippen LogP contribution in [0, 0.1) is 0 Å². The van der Waals surface area contributed by atoms with Gasteiger partial charge >= 0.3 is 0 Å². The Morgan fingerprint density at radius 3 is 2.85 bits per heavy atom. The second-order valence-electron chi connectivity index (χ2n) is 3.14. The van der Waals surface area contributed by atoms with Gasteiger partial charge in [0.15, 0.2) is 6.07 Å². The fraction of sp³-hybridized carbons (Fsp3) is 0.455. The summed E-state index contributed by atoms with van der Waals surface area (Å²) in [5.74, 6) is 1.44. The number of rotatable bonds is 4. The Kier molecular flexibility index (Phi) is 4.10. The van der Waals surface area contributed by atoms with E-state index in [0.717, 1.165) is 12.2 Å². The average molecular weight is 199 g/mol. The standard InChI is InChI=1S/C11H15ClO/c1-3-9(2)10-5-4-6-11(7-10)13-8-12/h4-7,9H,3,8H2,1-2H3. The summed E-state index contributed by atoms with van der Waals surface area (Å²) in [5, 5.41) is 0. The minimum Gasteiger partial charge on any atom is -0.478 e. The Morgan fingerprint density at radius 1 is 1.46 bits per heavy atom. The van der Waals surface area contributed by atoms with Gasteiger partial charge in [-0.25, -0.2) is 0 Å². The molecule has 0 aliphatic heterocycles. The maximum Gasteiger partial charge on any atom is 0.162 e. The molecule has 0 saturated carbocycles. The van der Waals surface area contributed by atoms with Crippen LogP contribution in [0.15, 0.2) is 24.3 Å². The minimum atomic E-state index is 0.212. The molecule has 0 aliphatic rings. The SMILES string of the molecule is CCC(C)c1cccc(OCCl)c1. The molecule has 2 heteroatoms. The van der Waals surface area contributed by atoms with Crippen LogP contribution in [-0.2, 0) is 0 Å². The third-order valence-corrected chi connectivity index (χ3v) is 2.37. The highest BCUT2D eigenvalue weighted by Gasteiger charge is 2.03. The third kappa shape index (κ3) is 2.92. The van der Waals surface area contributed by atoms with Gasteiger partial charge in [0.2, 0.25) is 0 Å². The number of hydrogen-bond donors (Lipinski definition) is 0. The molecule has 0 N–H and O–H groups in total. The van der Waals surface area contributed by atoms with Crippen LogP contribution in [0.1, 0.15) is 31.7 Å². The van der Waals surface area contributed by atoms with E-state index in [0.29, 0.717) is 5.92 Å². The van der Waals surface area contributed by atoms with E-state index in [9.17, 15) is 0 Å². The summed E-state index contributed by atoms with van der Waals surface area (Å²) in [5.41, 5.74) is 1.31. The van der Waals surface area contributed by atoms with Crippen molar-refractivity contribution in [3.05, 3.63) is 29.8 Å². The molecular weight excluding hydrogens is 184 g/mol. The molecule has 0 bridgehead atoms. The summed E-state index contributed by atoms with van der Waals surface area (Å²) in [6.07, 6.45) is 1.14. The predicted octanol–water partition coefficient (Wildman–Crippen LogP) is 3.78. The zero-order valence-electron chi connectivity index (χ0n) is 8.09. The second-order valence-corrected chi connectivity index (χ2v) is 3.35. The molecule has 1 rings (SSSR count). The molecule has 72 valence electrons. The first kappa shape index (κ1) is 10.4. The normalized spacial score (nSPS) is 12.5. The summed E-state index contributed by atoms with van der Waals surface area (Å²) < 4.78 is 5.21. The first-order chi connectivity index (χ1) is 6.27. The van der Waals surface area contributed by atoms with Crippen LogP contribution >= 0.6 is 11.6 Å². The van der Waals surface area contributed by atoms with Gasteiger partial charge in [-0.15, -0.1) is 0 Å². The van der Waals surface area contributed by atoms with Gasteiger partial charge in [0.25, 0.3) is 0 Å². The highest BCUT2D eigenvalue weighted by atomic mass is 35.5. The molecule has 0 spiro atoms. The monoisotopic (exact) mass is 198 g/mol. The lowest BCUT2D eigenvalue weighted by Crippen LogP contribution is -1.93. The molecular formula is C11H15ClO. The van der Waals surface area contributed by atoms with Gasteiger partial charge in [0.1, 0.15) is 5.75 Å². The maximum atomic E-state index is 5.48. The van der Waals surface area contributed by atoms with Crippen molar-refractivity contribution < 1.29 is 4.74 Å². The van der Waals surface area contributed by atoms with E-state index in [-0.39, 0.29) is 6.07 Å². The van der Waals surface area contributed by atoms with E-state index in [2.05, 4.69) is 26.0 Å². The van der Waals surface area contributed by atoms with Gasteiger partial charge < -0.3 is 4.74 Å². The lowest BCUT2D eigenvalue weighted by atomic mass is 9.99. The topological polar surface area (TPSA) is 9.23 Å². The third-order valence-electron chi connectivity index (χ3n) is 2.26. The molecule has 1 aromatic rings. The van der Waals surface area contributed by atoms with E-state index in [1.54, 1.807) is 0 Å². The van der Waals surface area contributed by atoms with E-state index < -0.39 is 0 Å². The van der Waals surface area contributed by atoms with Crippen LogP contribution in [0.3, 0.4) is 0 Å². The Bertz CT molecular complexity index is 260. The lowest BCUT2D eigenvalue weighted by molar-refractivity contribution is 0.387. The van der Waals surface area contributed by atoms with Gasteiger partial charge in [-0.1, -0.05) is 37.6 Å². The van der Waals surface area contributed by atoms with Crippen LogP contribution in [0.2, 0.25) is 0 Å². The van der Waals surface area contributed by atoms with Crippen molar-refractivity contribution in [1.82, 2.24) is 0 Å². The van der Waals surface area contributed by atoms with Crippen LogP contribution in [0.5, 0.6) is 5.75 Å². The number of alkyl halides is 1. The van der Waals surface area contributed by atoms with Crippen molar-refractivity contribution >= 4 is 11.6 Å². The van der Waals surface area contributed by atoms with Gasteiger partial charge in [0, 0.05) is 0 Å². The fourth-order valence-corrected chi connectivity index (χ4v) is 1.34. The maximum absolute atomic E-state index is 5.48. The quantitative estimate of drug-likeness (QED) is 0.670. The smallest absolute Gasteiger partial charge is 0.162 e. The highest BCUT2D eigenvalue weighted by Crippen LogP contribution is 2.22. The van der Waals surface area contributed by atoms with Crippen molar-refractivity contribution in [3.63, 3.8) is 0 Å². The summed E-state index contributed by atoms with van der Waals surface area (Å²) in [7, 11) is 0. The van der Waals surface area contributed by atoms with Crippen molar-refractivity contribution in [1.29, 1.82) is 0 Å². The Balaban J connectivity index is 2.78. The van der Waals surface area contributed by atoms with Crippen molar-refractivity contribution in [3.8, 4) is 5.75 Å². The van der Waals surface area contributed by atoms with E-state index >= 15 is 0 Å². The second kappa shape index (κ2) is 5.13. The zero-order valence-corrected chi connectivity index (χ0v) is 8.84. The first-order valence-corrected chi connectivity index (χ1v) is 5.10. The van der Waals surface area contributed by atoms with Gasteiger partial charge in [-0.2, -0.15) is 0 Å². The summed E-state index contributed by atoms with van der Waals surface area (Å²) in [6, 6.07) is 8.31. The molecule has 1 aromatic carbocycles. The summed E-state index contributed by atoms with van der Waals surface area (Å²) >= 11 is 5.48. The van der Waals surface area contributed by atoms with Gasteiger partial charge in [0.05, 0.1) is 0 Å². The summed E-state index contributed by atoms with van der Waals surface area (Å²) in [6.45, 7) is 4.39. The molecule has 1 atom stereocenters. The van der Waals surface area contributed by atoms with E-state index in [1.807, 2.05) is 12.1 Å². The van der Waals surface area contributed by atoms with Gasteiger partial charge in [-0.05, 0) is 30.0 Å². The molecule has 1 nitrogen and oxygen atoms in total. The number of hydrogen-bond acceptors (Lipinski definition) is 1. The molecule has 0 aromatic heterocycles. The first-order valence-electron chi connectivity index (χ1n) is 4.56. The van der Waals surface area contributed by atoms with Crippen molar-refractivity contribution in [2.45, 2.75) is 26.2 Å². The van der Waals surface area contributed by atoms with Crippen LogP contribution in [-0.4, -0.2) is 6.07 Å². The molecule has 13 heavy (non-hydrogen) atoms. The fourth-order valence-electron chi connectivity index (χ4n) is 1.21. The molecule has 0 radical (unpaired) electrons. The average Bonchev–Trinajstić information content (AvgIpc) is 2.18. The Morgan fingerprint density at radius 2 is 2.23 bits per heavy atom. The van der Waals surface area contributed by atoms with Gasteiger partial charge in [-0.3, -0.25) is 0 Å². The number of ether oxygens (including phenoxy) is 1. The van der Waals surface area contributed by atoms with E-state index in [4.69, 9.17) is 16.3 Å². The molecule has 0 heterocycles. The lowest BCUT2D eigenvalue weighted by Gasteiger charge is -2.10. The zero-order chi connectivity index (χ0) is 9.68. The van der Waals surface area contributed by atoms with Crippen molar-refractivity contribution in [2.24, 2.45) is 0 Å². The van der Waals surface area contributed by atoms with Crippen LogP contribution in [0.4, 0.5) is 0 Å². The summed E-state index contributed by atoms with van der Waals surface area (Å²) in [4.78, 5) is 0. The van der Waals surface area contributed by atoms with E-state index in [1.165, 1.54) is 5.56 Å². The Hall–Kier alpha value is -0.690. The molecule has 1 unspecified atom stereocenters. The molecule has 0 fully saturated rings. The highest BCUT2D eigenvalue weighted by molar-refractivity contribution is 6.17. The van der Waals surface area contributed by atoms with Crippen LogP contribution in [0.25, 0.3) is 0 Å².